The molecule has 0 spiro atoms. The maximum absolute atomic E-state index is 12.1. The van der Waals surface area contributed by atoms with Crippen molar-refractivity contribution in [2.24, 2.45) is 5.92 Å². The Morgan fingerprint density at radius 1 is 1.42 bits per heavy atom. The lowest BCUT2D eigenvalue weighted by Gasteiger charge is -2.27. The molecule has 1 heterocycles. The van der Waals surface area contributed by atoms with Crippen LogP contribution >= 0.6 is 0 Å². The number of nitrogens with zero attached hydrogens (tertiary/aromatic N) is 1. The molecule has 19 heavy (non-hydrogen) atoms. The summed E-state index contributed by atoms with van der Waals surface area (Å²) in [5, 5.41) is 0. The van der Waals surface area contributed by atoms with Gasteiger partial charge in [0.05, 0.1) is 13.0 Å². The average molecular weight is 262 g/mol. The van der Waals surface area contributed by atoms with Crippen LogP contribution in [0.1, 0.15) is 18.4 Å². The third kappa shape index (κ3) is 4.24. The fraction of sp³-hybridized carbons (Fsp3) is 0.533. The van der Waals surface area contributed by atoms with Crippen LogP contribution < -0.4 is 5.73 Å². The smallest absolute Gasteiger partial charge is 0.226 e. The number of ether oxygens (including phenoxy) is 1. The Morgan fingerprint density at radius 3 is 2.79 bits per heavy atom. The summed E-state index contributed by atoms with van der Waals surface area (Å²) in [5.74, 6) is 0.629. The molecule has 1 unspecified atom stereocenters. The van der Waals surface area contributed by atoms with Crippen molar-refractivity contribution in [3.63, 3.8) is 0 Å². The molecule has 1 aromatic carbocycles. The number of likely N-dealkylation sites (N-methyl/N-ethyl adjacent to an activating group) is 1. The van der Waals surface area contributed by atoms with Crippen LogP contribution in [0.5, 0.6) is 0 Å². The molecule has 104 valence electrons. The van der Waals surface area contributed by atoms with Crippen LogP contribution in [0.2, 0.25) is 0 Å². The Labute approximate surface area is 114 Å². The molecular weight excluding hydrogens is 240 g/mol. The summed E-state index contributed by atoms with van der Waals surface area (Å²) >= 11 is 0. The van der Waals surface area contributed by atoms with Gasteiger partial charge in [-0.1, -0.05) is 12.1 Å². The Morgan fingerprint density at radius 2 is 2.16 bits per heavy atom. The minimum atomic E-state index is 0.148. The number of nitrogen functional groups attached to an aromatic ring is 1. The summed E-state index contributed by atoms with van der Waals surface area (Å²) in [6.07, 6.45) is 2.69. The highest BCUT2D eigenvalue weighted by Gasteiger charge is 2.18. The molecule has 0 aromatic heterocycles. The summed E-state index contributed by atoms with van der Waals surface area (Å²) in [5.41, 5.74) is 7.36. The zero-order valence-electron chi connectivity index (χ0n) is 11.5. The summed E-state index contributed by atoms with van der Waals surface area (Å²) in [6, 6.07) is 7.48. The van der Waals surface area contributed by atoms with E-state index in [4.69, 9.17) is 10.5 Å². The lowest BCUT2D eigenvalue weighted by molar-refractivity contribution is -0.130. The second-order valence-corrected chi connectivity index (χ2v) is 5.28. The van der Waals surface area contributed by atoms with Crippen molar-refractivity contribution in [2.75, 3.05) is 32.5 Å². The maximum atomic E-state index is 12.1. The first-order chi connectivity index (χ1) is 9.15. The minimum absolute atomic E-state index is 0.148. The van der Waals surface area contributed by atoms with Crippen molar-refractivity contribution in [3.05, 3.63) is 29.8 Å². The van der Waals surface area contributed by atoms with E-state index in [1.165, 1.54) is 0 Å². The Kier molecular flexibility index (Phi) is 4.80. The fourth-order valence-electron chi connectivity index (χ4n) is 2.39. The van der Waals surface area contributed by atoms with E-state index >= 15 is 0 Å². The van der Waals surface area contributed by atoms with Gasteiger partial charge in [0.1, 0.15) is 0 Å². The zero-order valence-corrected chi connectivity index (χ0v) is 11.5. The van der Waals surface area contributed by atoms with Gasteiger partial charge in [0.2, 0.25) is 5.91 Å². The molecule has 4 heteroatoms. The summed E-state index contributed by atoms with van der Waals surface area (Å²) in [4.78, 5) is 13.9. The van der Waals surface area contributed by atoms with Crippen LogP contribution in [0, 0.1) is 5.92 Å². The molecule has 0 bridgehead atoms. The first-order valence-electron chi connectivity index (χ1n) is 6.81. The number of benzene rings is 1. The number of hydrogen-bond acceptors (Lipinski definition) is 3. The fourth-order valence-corrected chi connectivity index (χ4v) is 2.39. The maximum Gasteiger partial charge on any atom is 0.226 e. The second-order valence-electron chi connectivity index (χ2n) is 5.28. The molecule has 1 atom stereocenters. The first-order valence-corrected chi connectivity index (χ1v) is 6.81. The van der Waals surface area contributed by atoms with E-state index in [0.29, 0.717) is 12.3 Å². The average Bonchev–Trinajstić information content (AvgIpc) is 2.42. The van der Waals surface area contributed by atoms with Crippen LogP contribution in [0.3, 0.4) is 0 Å². The largest absolute Gasteiger partial charge is 0.399 e. The van der Waals surface area contributed by atoms with Crippen molar-refractivity contribution in [1.29, 1.82) is 0 Å². The Bertz CT molecular complexity index is 411. The van der Waals surface area contributed by atoms with Crippen LogP contribution in [0.15, 0.2) is 24.3 Å². The Balaban J connectivity index is 1.83. The van der Waals surface area contributed by atoms with Gasteiger partial charge in [-0.05, 0) is 36.5 Å². The predicted molar refractivity (Wildman–Crippen MR) is 75.7 cm³/mol. The highest BCUT2D eigenvalue weighted by molar-refractivity contribution is 5.78. The first kappa shape index (κ1) is 13.9. The molecule has 2 N–H and O–H groups in total. The molecule has 1 aliphatic heterocycles. The summed E-state index contributed by atoms with van der Waals surface area (Å²) in [7, 11) is 1.87. The van der Waals surface area contributed by atoms with E-state index in [-0.39, 0.29) is 5.91 Å². The van der Waals surface area contributed by atoms with E-state index in [1.54, 1.807) is 0 Å². The van der Waals surface area contributed by atoms with Gasteiger partial charge in [-0.25, -0.2) is 0 Å². The number of rotatable bonds is 4. The normalized spacial score (nSPS) is 19.1. The molecule has 4 nitrogen and oxygen atoms in total. The molecule has 0 saturated carbocycles. The van der Waals surface area contributed by atoms with Gasteiger partial charge in [0.15, 0.2) is 0 Å². The molecule has 1 amide bonds. The van der Waals surface area contributed by atoms with Gasteiger partial charge in [0.25, 0.3) is 0 Å². The summed E-state index contributed by atoms with van der Waals surface area (Å²) in [6.45, 7) is 2.42. The minimum Gasteiger partial charge on any atom is -0.399 e. The van der Waals surface area contributed by atoms with Crippen LogP contribution in [-0.2, 0) is 16.0 Å². The van der Waals surface area contributed by atoms with Gasteiger partial charge in [-0.2, -0.15) is 0 Å². The molecule has 1 aliphatic rings. The standard InChI is InChI=1S/C15H22N2O2/c1-17(10-13-3-2-8-19-11-13)15(18)9-12-4-6-14(16)7-5-12/h4-7,13H,2-3,8-11,16H2,1H3. The highest BCUT2D eigenvalue weighted by Crippen LogP contribution is 2.15. The number of nitrogens with two attached hydrogens (primary N) is 1. The van der Waals surface area contributed by atoms with E-state index < -0.39 is 0 Å². The SMILES string of the molecule is CN(CC1CCCOC1)C(=O)Cc1ccc(N)cc1. The molecule has 0 aliphatic carbocycles. The third-order valence-corrected chi connectivity index (χ3v) is 3.55. The van der Waals surface area contributed by atoms with Crippen LogP contribution in [-0.4, -0.2) is 37.6 Å². The lowest BCUT2D eigenvalue weighted by atomic mass is 10.0. The molecule has 1 fully saturated rings. The van der Waals surface area contributed by atoms with Gasteiger partial charge in [-0.15, -0.1) is 0 Å². The van der Waals surface area contributed by atoms with E-state index in [9.17, 15) is 4.79 Å². The van der Waals surface area contributed by atoms with Crippen molar-refractivity contribution in [2.45, 2.75) is 19.3 Å². The molecule has 0 radical (unpaired) electrons. The predicted octanol–water partition coefficient (Wildman–Crippen LogP) is 1.70. The molecule has 2 rings (SSSR count). The number of anilines is 1. The van der Waals surface area contributed by atoms with Crippen molar-refractivity contribution in [3.8, 4) is 0 Å². The van der Waals surface area contributed by atoms with E-state index in [1.807, 2.05) is 36.2 Å². The number of amides is 1. The third-order valence-electron chi connectivity index (χ3n) is 3.55. The topological polar surface area (TPSA) is 55.6 Å². The van der Waals surface area contributed by atoms with Gasteiger partial charge < -0.3 is 15.4 Å². The lowest BCUT2D eigenvalue weighted by Crippen LogP contribution is -2.35. The Hall–Kier alpha value is -1.55. The molecule has 1 saturated heterocycles. The second kappa shape index (κ2) is 6.57. The summed E-state index contributed by atoms with van der Waals surface area (Å²) < 4.78 is 5.44. The van der Waals surface area contributed by atoms with E-state index in [2.05, 4.69) is 0 Å². The molecular formula is C15H22N2O2. The van der Waals surface area contributed by atoms with Crippen molar-refractivity contribution >= 4 is 11.6 Å². The quantitative estimate of drug-likeness (QED) is 0.840. The van der Waals surface area contributed by atoms with Gasteiger partial charge in [0, 0.05) is 25.9 Å². The zero-order chi connectivity index (χ0) is 13.7. The van der Waals surface area contributed by atoms with Crippen LogP contribution in [0.25, 0.3) is 0 Å². The van der Waals surface area contributed by atoms with Crippen molar-refractivity contribution < 1.29 is 9.53 Å². The number of hydrogen-bond donors (Lipinski definition) is 1. The number of carbonyl (C=O) groups is 1. The van der Waals surface area contributed by atoms with Crippen molar-refractivity contribution in [1.82, 2.24) is 4.90 Å². The highest BCUT2D eigenvalue weighted by atomic mass is 16.5. The van der Waals surface area contributed by atoms with Gasteiger partial charge in [-0.3, -0.25) is 4.79 Å². The van der Waals surface area contributed by atoms with Gasteiger partial charge >= 0.3 is 0 Å². The van der Waals surface area contributed by atoms with E-state index in [0.717, 1.165) is 43.9 Å². The van der Waals surface area contributed by atoms with Crippen LogP contribution in [0.4, 0.5) is 5.69 Å². The monoisotopic (exact) mass is 262 g/mol. The number of carbonyl (C=O) groups excluding carboxylic acids is 1. The molecule has 1 aromatic rings.